The van der Waals surface area contributed by atoms with E-state index in [4.69, 9.17) is 14.2 Å². The quantitative estimate of drug-likeness (QED) is 0.0262. The molecule has 0 amide bonds. The van der Waals surface area contributed by atoms with E-state index < -0.39 is 6.10 Å². The third-order valence-corrected chi connectivity index (χ3v) is 10.8. The molecule has 0 rings (SSSR count). The van der Waals surface area contributed by atoms with E-state index in [9.17, 15) is 14.4 Å². The molecule has 0 aliphatic heterocycles. The smallest absolute Gasteiger partial charge is 0.306 e. The lowest BCUT2D eigenvalue weighted by molar-refractivity contribution is -0.167. The van der Waals surface area contributed by atoms with Gasteiger partial charge in [0.2, 0.25) is 0 Å². The lowest BCUT2D eigenvalue weighted by Gasteiger charge is -2.18. The van der Waals surface area contributed by atoms with Crippen LogP contribution in [0.2, 0.25) is 0 Å². The minimum atomic E-state index is -0.809. The number of carbonyl (C=O) groups excluding carboxylic acids is 3. The van der Waals surface area contributed by atoms with Crippen molar-refractivity contribution in [3.05, 3.63) is 85.1 Å². The van der Waals surface area contributed by atoms with Crippen LogP contribution in [0.3, 0.4) is 0 Å². The highest BCUT2D eigenvalue weighted by Gasteiger charge is 2.19. The third-order valence-electron chi connectivity index (χ3n) is 10.8. The standard InChI is InChI=1S/C57H96O6/c1-4-7-10-13-16-19-22-25-27-28-30-32-35-38-41-44-47-50-56(59)62-53-54(52-61-55(58)49-46-43-40-37-34-31-24-21-18-15-12-9-6-3)63-57(60)51-48-45-42-39-36-33-29-26-23-20-17-14-11-8-5-2/h16-17,19-21,24-27,29-30,32,38,41,54H,4-15,18,22-23,28,31,33-37,39-40,42-53H2,1-3H3/b19-16-,20-17-,24-21-,27-25-,29-26-,32-30-,41-38-/t54-/m0/s1. The number of rotatable bonds is 46. The van der Waals surface area contributed by atoms with E-state index in [0.717, 1.165) is 103 Å². The number of hydrogen-bond donors (Lipinski definition) is 0. The second-order valence-corrected chi connectivity index (χ2v) is 17.1. The van der Waals surface area contributed by atoms with Crippen molar-refractivity contribution < 1.29 is 28.6 Å². The predicted octanol–water partition coefficient (Wildman–Crippen LogP) is 17.2. The van der Waals surface area contributed by atoms with Crippen LogP contribution in [-0.2, 0) is 28.6 Å². The number of carbonyl (C=O) groups is 3. The normalized spacial score (nSPS) is 12.7. The minimum Gasteiger partial charge on any atom is -0.462 e. The van der Waals surface area contributed by atoms with Crippen molar-refractivity contribution in [3.8, 4) is 0 Å². The fraction of sp³-hybridized carbons (Fsp3) is 0.702. The third kappa shape index (κ3) is 49.5. The van der Waals surface area contributed by atoms with Crippen molar-refractivity contribution in [1.29, 1.82) is 0 Å². The molecule has 0 saturated carbocycles. The summed E-state index contributed by atoms with van der Waals surface area (Å²) in [7, 11) is 0. The second kappa shape index (κ2) is 51.2. The van der Waals surface area contributed by atoms with Gasteiger partial charge < -0.3 is 14.2 Å². The molecule has 0 saturated heterocycles. The molecule has 0 heterocycles. The molecule has 0 aliphatic carbocycles. The Kier molecular flexibility index (Phi) is 48.5. The first-order valence-electron chi connectivity index (χ1n) is 26.1. The van der Waals surface area contributed by atoms with Gasteiger partial charge in [-0.15, -0.1) is 0 Å². The van der Waals surface area contributed by atoms with Gasteiger partial charge in [0.1, 0.15) is 13.2 Å². The molecular weight excluding hydrogens is 781 g/mol. The summed E-state index contributed by atoms with van der Waals surface area (Å²) in [5.41, 5.74) is 0. The van der Waals surface area contributed by atoms with Crippen LogP contribution >= 0.6 is 0 Å². The summed E-state index contributed by atoms with van der Waals surface area (Å²) in [6.45, 7) is 6.49. The Hall–Kier alpha value is -3.41. The Morgan fingerprint density at radius 2 is 0.587 bits per heavy atom. The first-order valence-corrected chi connectivity index (χ1v) is 26.1. The summed E-state index contributed by atoms with van der Waals surface area (Å²) in [5, 5.41) is 0. The molecule has 0 aromatic carbocycles. The van der Waals surface area contributed by atoms with Gasteiger partial charge in [-0.2, -0.15) is 0 Å². The molecule has 1 atom stereocenters. The molecule has 6 nitrogen and oxygen atoms in total. The van der Waals surface area contributed by atoms with Crippen molar-refractivity contribution in [1.82, 2.24) is 0 Å². The van der Waals surface area contributed by atoms with Crippen LogP contribution < -0.4 is 0 Å². The Morgan fingerprint density at radius 3 is 1.00 bits per heavy atom. The van der Waals surface area contributed by atoms with Gasteiger partial charge in [0, 0.05) is 19.3 Å². The molecule has 0 radical (unpaired) electrons. The maximum Gasteiger partial charge on any atom is 0.306 e. The Labute approximate surface area is 388 Å². The minimum absolute atomic E-state index is 0.104. The van der Waals surface area contributed by atoms with E-state index in [0.29, 0.717) is 19.3 Å². The number of hydrogen-bond acceptors (Lipinski definition) is 6. The Bertz CT molecular complexity index is 1240. The summed E-state index contributed by atoms with van der Waals surface area (Å²) in [6.07, 6.45) is 65.6. The summed E-state index contributed by atoms with van der Waals surface area (Å²) in [4.78, 5) is 38.0. The number of unbranched alkanes of at least 4 members (excludes halogenated alkanes) is 21. The van der Waals surface area contributed by atoms with Gasteiger partial charge >= 0.3 is 17.9 Å². The molecule has 360 valence electrons. The largest absolute Gasteiger partial charge is 0.462 e. The predicted molar refractivity (Wildman–Crippen MR) is 270 cm³/mol. The lowest BCUT2D eigenvalue weighted by atomic mass is 10.1. The van der Waals surface area contributed by atoms with Crippen LogP contribution in [-0.4, -0.2) is 37.2 Å². The lowest BCUT2D eigenvalue weighted by Crippen LogP contribution is -2.30. The fourth-order valence-electron chi connectivity index (χ4n) is 6.87. The topological polar surface area (TPSA) is 78.9 Å². The maximum atomic E-state index is 12.8. The molecule has 0 N–H and O–H groups in total. The summed E-state index contributed by atoms with van der Waals surface area (Å²) in [6, 6.07) is 0. The second-order valence-electron chi connectivity index (χ2n) is 17.1. The molecule has 0 spiro atoms. The monoisotopic (exact) mass is 877 g/mol. The summed E-state index contributed by atoms with van der Waals surface area (Å²) >= 11 is 0. The molecule has 0 unspecified atom stereocenters. The highest BCUT2D eigenvalue weighted by Crippen LogP contribution is 2.13. The van der Waals surface area contributed by atoms with E-state index in [1.165, 1.54) is 89.9 Å². The molecule has 6 heteroatoms. The average molecular weight is 877 g/mol. The van der Waals surface area contributed by atoms with Gasteiger partial charge in [0.05, 0.1) is 0 Å². The zero-order chi connectivity index (χ0) is 45.8. The molecule has 0 bridgehead atoms. The Morgan fingerprint density at radius 1 is 0.317 bits per heavy atom. The first kappa shape index (κ1) is 59.6. The van der Waals surface area contributed by atoms with Crippen LogP contribution in [0, 0.1) is 0 Å². The first-order chi connectivity index (χ1) is 31.0. The van der Waals surface area contributed by atoms with Crippen molar-refractivity contribution in [2.24, 2.45) is 0 Å². The molecule has 63 heavy (non-hydrogen) atoms. The van der Waals surface area contributed by atoms with Gasteiger partial charge in [-0.1, -0.05) is 189 Å². The average Bonchev–Trinajstić information content (AvgIpc) is 3.28. The molecule has 0 aromatic rings. The van der Waals surface area contributed by atoms with Crippen molar-refractivity contribution in [2.45, 2.75) is 245 Å². The van der Waals surface area contributed by atoms with Crippen molar-refractivity contribution >= 4 is 17.9 Å². The molecule has 0 aliphatic rings. The van der Waals surface area contributed by atoms with Crippen LogP contribution in [0.25, 0.3) is 0 Å². The van der Waals surface area contributed by atoms with Crippen molar-refractivity contribution in [3.63, 3.8) is 0 Å². The van der Waals surface area contributed by atoms with E-state index >= 15 is 0 Å². The van der Waals surface area contributed by atoms with E-state index in [-0.39, 0.29) is 37.5 Å². The van der Waals surface area contributed by atoms with Gasteiger partial charge in [-0.25, -0.2) is 0 Å². The van der Waals surface area contributed by atoms with Gasteiger partial charge in [-0.05, 0) is 116 Å². The van der Waals surface area contributed by atoms with Crippen LogP contribution in [0.5, 0.6) is 0 Å². The van der Waals surface area contributed by atoms with Gasteiger partial charge in [-0.3, -0.25) is 14.4 Å². The fourth-order valence-corrected chi connectivity index (χ4v) is 6.87. The maximum absolute atomic E-state index is 12.8. The van der Waals surface area contributed by atoms with E-state index in [1.54, 1.807) is 0 Å². The number of esters is 3. The highest BCUT2D eigenvalue weighted by atomic mass is 16.6. The van der Waals surface area contributed by atoms with Crippen LogP contribution in [0.1, 0.15) is 239 Å². The molecular formula is C57H96O6. The van der Waals surface area contributed by atoms with Crippen molar-refractivity contribution in [2.75, 3.05) is 13.2 Å². The number of ether oxygens (including phenoxy) is 3. The van der Waals surface area contributed by atoms with E-state index in [2.05, 4.69) is 106 Å². The van der Waals surface area contributed by atoms with Gasteiger partial charge in [0.25, 0.3) is 0 Å². The SMILES string of the molecule is CCCCC/C=C\C/C=C\C/C=C\C/C=C\CCCC(=O)OC[C@H](COC(=O)CCCCCCC/C=C\CCCCCC)OC(=O)CCCCCCC/C=C\C/C=C\CCCCC. The molecule has 0 fully saturated rings. The summed E-state index contributed by atoms with van der Waals surface area (Å²) in [5.74, 6) is -0.986. The Balaban J connectivity index is 4.51. The zero-order valence-corrected chi connectivity index (χ0v) is 41.1. The van der Waals surface area contributed by atoms with Gasteiger partial charge in [0.15, 0.2) is 6.10 Å². The van der Waals surface area contributed by atoms with E-state index in [1.807, 2.05) is 0 Å². The van der Waals surface area contributed by atoms with Crippen LogP contribution in [0.15, 0.2) is 85.1 Å². The number of allylic oxidation sites excluding steroid dienone is 14. The highest BCUT2D eigenvalue weighted by molar-refractivity contribution is 5.71. The summed E-state index contributed by atoms with van der Waals surface area (Å²) < 4.78 is 16.7. The molecule has 0 aromatic heterocycles. The van der Waals surface area contributed by atoms with Crippen LogP contribution in [0.4, 0.5) is 0 Å². The zero-order valence-electron chi connectivity index (χ0n) is 41.1.